The Bertz CT molecular complexity index is 1400. The van der Waals surface area contributed by atoms with Crippen LogP contribution in [0.1, 0.15) is 62.5 Å². The fourth-order valence-corrected chi connectivity index (χ4v) is 5.42. The molecule has 1 atom stereocenters. The van der Waals surface area contributed by atoms with Gasteiger partial charge in [-0.25, -0.2) is 9.59 Å². The Labute approximate surface area is 239 Å². The lowest BCUT2D eigenvalue weighted by Crippen LogP contribution is -2.25. The number of thioether (sulfide) groups is 1. The van der Waals surface area contributed by atoms with Gasteiger partial charge in [-0.05, 0) is 51.5 Å². The van der Waals surface area contributed by atoms with Crippen LogP contribution < -0.4 is 15.4 Å². The summed E-state index contributed by atoms with van der Waals surface area (Å²) in [5.41, 5.74) is 0.943. The van der Waals surface area contributed by atoms with E-state index in [1.807, 2.05) is 0 Å². The van der Waals surface area contributed by atoms with E-state index in [4.69, 9.17) is 14.2 Å². The van der Waals surface area contributed by atoms with Gasteiger partial charge in [-0.3, -0.25) is 9.59 Å². The number of methoxy groups -OCH3 is 1. The summed E-state index contributed by atoms with van der Waals surface area (Å²) in [4.78, 5) is 50.8. The van der Waals surface area contributed by atoms with Crippen LogP contribution in [0.3, 0.4) is 0 Å². The van der Waals surface area contributed by atoms with Crippen molar-refractivity contribution >= 4 is 51.9 Å². The number of nitrogens with one attached hydrogen (secondary N) is 2. The number of thiophene rings is 1. The van der Waals surface area contributed by atoms with E-state index in [2.05, 4.69) is 20.8 Å². The molecular weight excluding hydrogens is 558 g/mol. The SMILES string of the molecule is CCOC(=O)c1sc(NC(=O)[C@H](C)Sc2nnc(CNC(=O)c3cccc(OC)c3)n2C)c(C(=O)OCC)c1C. The number of amides is 2. The molecule has 14 heteroatoms. The topological polar surface area (TPSA) is 151 Å². The highest BCUT2D eigenvalue weighted by Crippen LogP contribution is 2.35. The monoisotopic (exact) mass is 589 g/mol. The van der Waals surface area contributed by atoms with Crippen LogP contribution in [-0.2, 0) is 27.9 Å². The zero-order valence-corrected chi connectivity index (χ0v) is 24.7. The van der Waals surface area contributed by atoms with Crippen molar-refractivity contribution in [1.29, 1.82) is 0 Å². The molecule has 0 saturated carbocycles. The van der Waals surface area contributed by atoms with Crippen molar-refractivity contribution in [1.82, 2.24) is 20.1 Å². The zero-order chi connectivity index (χ0) is 29.4. The van der Waals surface area contributed by atoms with Crippen LogP contribution in [0.4, 0.5) is 5.00 Å². The lowest BCUT2D eigenvalue weighted by Gasteiger charge is -2.12. The number of ether oxygens (including phenoxy) is 3. The Balaban J connectivity index is 1.69. The number of esters is 2. The predicted octanol–water partition coefficient (Wildman–Crippen LogP) is 3.60. The summed E-state index contributed by atoms with van der Waals surface area (Å²) in [6.45, 7) is 7.06. The normalized spacial score (nSPS) is 11.4. The Morgan fingerprint density at radius 3 is 2.48 bits per heavy atom. The Hall–Kier alpha value is -3.91. The van der Waals surface area contributed by atoms with E-state index >= 15 is 0 Å². The maximum atomic E-state index is 13.1. The predicted molar refractivity (Wildman–Crippen MR) is 150 cm³/mol. The average molecular weight is 590 g/mol. The van der Waals surface area contributed by atoms with Gasteiger partial charge in [0.15, 0.2) is 11.0 Å². The van der Waals surface area contributed by atoms with Gasteiger partial charge in [0, 0.05) is 12.6 Å². The molecule has 2 N–H and O–H groups in total. The number of hydrogen-bond donors (Lipinski definition) is 2. The molecule has 2 aromatic heterocycles. The highest BCUT2D eigenvalue weighted by molar-refractivity contribution is 8.00. The van der Waals surface area contributed by atoms with Crippen LogP contribution >= 0.6 is 23.1 Å². The molecule has 40 heavy (non-hydrogen) atoms. The first-order chi connectivity index (χ1) is 19.1. The second-order valence-electron chi connectivity index (χ2n) is 8.32. The van der Waals surface area contributed by atoms with Gasteiger partial charge >= 0.3 is 11.9 Å². The molecule has 0 fully saturated rings. The lowest BCUT2D eigenvalue weighted by molar-refractivity contribution is -0.115. The highest BCUT2D eigenvalue weighted by Gasteiger charge is 2.29. The van der Waals surface area contributed by atoms with Crippen molar-refractivity contribution in [3.05, 3.63) is 51.7 Å². The van der Waals surface area contributed by atoms with Gasteiger partial charge in [0.2, 0.25) is 5.91 Å². The maximum absolute atomic E-state index is 13.1. The van der Waals surface area contributed by atoms with Gasteiger partial charge in [-0.2, -0.15) is 0 Å². The molecule has 0 saturated heterocycles. The molecule has 0 spiro atoms. The van der Waals surface area contributed by atoms with E-state index in [0.717, 1.165) is 23.1 Å². The average Bonchev–Trinajstić information content (AvgIpc) is 3.45. The van der Waals surface area contributed by atoms with Gasteiger partial charge in [0.05, 0.1) is 37.7 Å². The summed E-state index contributed by atoms with van der Waals surface area (Å²) >= 11 is 2.11. The molecule has 214 valence electrons. The minimum atomic E-state index is -0.648. The first-order valence-corrected chi connectivity index (χ1v) is 14.1. The van der Waals surface area contributed by atoms with Gasteiger partial charge in [0.25, 0.3) is 5.91 Å². The molecule has 0 aliphatic rings. The van der Waals surface area contributed by atoms with Crippen LogP contribution in [0.5, 0.6) is 5.75 Å². The number of carbonyl (C=O) groups is 4. The van der Waals surface area contributed by atoms with Crippen LogP contribution in [0, 0.1) is 6.92 Å². The van der Waals surface area contributed by atoms with E-state index < -0.39 is 23.1 Å². The molecule has 0 bridgehead atoms. The quantitative estimate of drug-likeness (QED) is 0.237. The fraction of sp³-hybridized carbons (Fsp3) is 0.385. The molecule has 2 heterocycles. The number of hydrogen-bond acceptors (Lipinski definition) is 11. The van der Waals surface area contributed by atoms with E-state index in [-0.39, 0.29) is 41.1 Å². The Morgan fingerprint density at radius 1 is 1.10 bits per heavy atom. The van der Waals surface area contributed by atoms with Crippen molar-refractivity contribution in [2.45, 2.75) is 44.6 Å². The molecule has 3 rings (SSSR count). The van der Waals surface area contributed by atoms with Crippen molar-refractivity contribution < 1.29 is 33.4 Å². The fourth-order valence-electron chi connectivity index (χ4n) is 3.49. The standard InChI is InChI=1S/C26H31N5O7S2/c1-7-37-24(34)19-14(3)20(25(35)38-8-2)40-23(19)28-21(32)15(4)39-26-30-29-18(31(26)5)13-27-22(33)16-10-9-11-17(12-16)36-6/h9-12,15H,7-8,13H2,1-6H3,(H,27,33)(H,28,32)/t15-/m0/s1. The third-order valence-corrected chi connectivity index (χ3v) is 7.96. The molecule has 0 radical (unpaired) electrons. The van der Waals surface area contributed by atoms with Gasteiger partial charge in [-0.15, -0.1) is 21.5 Å². The second-order valence-corrected chi connectivity index (χ2v) is 10.7. The molecule has 1 aromatic carbocycles. The van der Waals surface area contributed by atoms with E-state index in [1.54, 1.807) is 63.6 Å². The summed E-state index contributed by atoms with van der Waals surface area (Å²) in [5, 5.41) is 13.8. The molecule has 12 nitrogen and oxygen atoms in total. The molecule has 0 unspecified atom stereocenters. The number of nitrogens with zero attached hydrogens (tertiary/aromatic N) is 3. The largest absolute Gasteiger partial charge is 0.497 e. The molecule has 3 aromatic rings. The van der Waals surface area contributed by atoms with Crippen LogP contribution in [-0.4, -0.2) is 64.1 Å². The minimum absolute atomic E-state index is 0.119. The van der Waals surface area contributed by atoms with Crippen molar-refractivity contribution in [2.75, 3.05) is 25.6 Å². The van der Waals surface area contributed by atoms with Gasteiger partial charge in [0.1, 0.15) is 15.6 Å². The van der Waals surface area contributed by atoms with Crippen molar-refractivity contribution in [3.8, 4) is 5.75 Å². The second kappa shape index (κ2) is 13.9. The van der Waals surface area contributed by atoms with E-state index in [1.165, 1.54) is 7.11 Å². The minimum Gasteiger partial charge on any atom is -0.497 e. The van der Waals surface area contributed by atoms with Crippen LogP contribution in [0.25, 0.3) is 0 Å². The third-order valence-electron chi connectivity index (χ3n) is 5.64. The van der Waals surface area contributed by atoms with E-state index in [9.17, 15) is 19.2 Å². The first-order valence-electron chi connectivity index (χ1n) is 12.4. The Kier molecular flexibility index (Phi) is 10.7. The number of carbonyl (C=O) groups excluding carboxylic acids is 4. The number of benzene rings is 1. The molecule has 2 amide bonds. The third kappa shape index (κ3) is 7.18. The van der Waals surface area contributed by atoms with Crippen molar-refractivity contribution in [2.24, 2.45) is 7.05 Å². The van der Waals surface area contributed by atoms with Gasteiger partial charge in [-0.1, -0.05) is 17.8 Å². The number of aromatic nitrogens is 3. The first kappa shape index (κ1) is 30.6. The number of anilines is 1. The molecule has 0 aliphatic carbocycles. The van der Waals surface area contributed by atoms with Crippen molar-refractivity contribution in [3.63, 3.8) is 0 Å². The summed E-state index contributed by atoms with van der Waals surface area (Å²) in [6.07, 6.45) is 0. The maximum Gasteiger partial charge on any atom is 0.348 e. The van der Waals surface area contributed by atoms with Crippen LogP contribution in [0.2, 0.25) is 0 Å². The Morgan fingerprint density at radius 2 is 1.80 bits per heavy atom. The molecule has 0 aliphatic heterocycles. The van der Waals surface area contributed by atoms with Crippen LogP contribution in [0.15, 0.2) is 29.4 Å². The molecular formula is C26H31N5O7S2. The summed E-state index contributed by atoms with van der Waals surface area (Å²) < 4.78 is 17.1. The zero-order valence-electron chi connectivity index (χ0n) is 23.0. The number of rotatable bonds is 12. The highest BCUT2D eigenvalue weighted by atomic mass is 32.2. The summed E-state index contributed by atoms with van der Waals surface area (Å²) in [7, 11) is 3.26. The summed E-state index contributed by atoms with van der Waals surface area (Å²) in [6, 6.07) is 6.78. The van der Waals surface area contributed by atoms with Gasteiger partial charge < -0.3 is 29.4 Å². The van der Waals surface area contributed by atoms with E-state index in [0.29, 0.717) is 27.9 Å². The smallest absolute Gasteiger partial charge is 0.348 e. The summed E-state index contributed by atoms with van der Waals surface area (Å²) in [5.74, 6) is -0.872. The lowest BCUT2D eigenvalue weighted by atomic mass is 10.1.